The number of carboxylic acids is 1. The molecule has 0 fully saturated rings. The van der Waals surface area contributed by atoms with E-state index in [1.807, 2.05) is 12.1 Å². The lowest BCUT2D eigenvalue weighted by molar-refractivity contribution is -0.149. The summed E-state index contributed by atoms with van der Waals surface area (Å²) in [5.74, 6) is -1.55. The van der Waals surface area contributed by atoms with Gasteiger partial charge in [-0.1, -0.05) is 42.5 Å². The van der Waals surface area contributed by atoms with Gasteiger partial charge in [0.25, 0.3) is 0 Å². The number of carboxylic acid groups (broad SMARTS) is 1. The lowest BCUT2D eigenvalue weighted by Crippen LogP contribution is -2.58. The van der Waals surface area contributed by atoms with Crippen molar-refractivity contribution in [3.05, 3.63) is 113 Å². The Morgan fingerprint density at radius 2 is 1.76 bits per heavy atom. The fourth-order valence-corrected chi connectivity index (χ4v) is 5.22. The van der Waals surface area contributed by atoms with Crippen LogP contribution in [-0.4, -0.2) is 46.7 Å². The molecule has 2 atom stereocenters. The maximum atomic E-state index is 14.7. The first-order valence-electron chi connectivity index (χ1n) is 13.0. The molecule has 5 rings (SSSR count). The largest absolute Gasteiger partial charge is 0.497 e. The number of hydrogen-bond donors (Lipinski definition) is 2. The SMILES string of the molecule is COc1ccc(CN2C(=O)CN[C@](c3cccc(F)c3)([C@H](Oc3nc(C)cc(C)n3)C(=O)O)c3ccccc32)cc1. The average Bonchev–Trinajstić information content (AvgIpc) is 3.07. The number of aromatic nitrogens is 2. The van der Waals surface area contributed by atoms with Crippen LogP contribution in [0.5, 0.6) is 11.8 Å². The summed E-state index contributed by atoms with van der Waals surface area (Å²) >= 11 is 0. The highest BCUT2D eigenvalue weighted by atomic mass is 19.1. The third-order valence-electron chi connectivity index (χ3n) is 7.02. The molecule has 2 N–H and O–H groups in total. The molecular weight excluding hydrogens is 527 g/mol. The van der Waals surface area contributed by atoms with Gasteiger partial charge in [-0.2, -0.15) is 0 Å². The average molecular weight is 557 g/mol. The predicted molar refractivity (Wildman–Crippen MR) is 149 cm³/mol. The number of rotatable bonds is 8. The Morgan fingerprint density at radius 3 is 2.41 bits per heavy atom. The predicted octanol–water partition coefficient (Wildman–Crippen LogP) is 4.15. The molecule has 41 heavy (non-hydrogen) atoms. The third-order valence-corrected chi connectivity index (χ3v) is 7.02. The fourth-order valence-electron chi connectivity index (χ4n) is 5.22. The molecule has 1 aromatic heterocycles. The number of nitrogens with one attached hydrogen (secondary N) is 1. The highest BCUT2D eigenvalue weighted by molar-refractivity contribution is 5.97. The van der Waals surface area contributed by atoms with Gasteiger partial charge in [0.05, 0.1) is 20.2 Å². The number of carbonyl (C=O) groups excluding carboxylic acids is 1. The van der Waals surface area contributed by atoms with Gasteiger partial charge >= 0.3 is 12.0 Å². The molecule has 3 aromatic carbocycles. The van der Waals surface area contributed by atoms with Crippen LogP contribution in [0.15, 0.2) is 78.9 Å². The maximum Gasteiger partial charge on any atom is 0.347 e. The molecule has 0 bridgehead atoms. The summed E-state index contributed by atoms with van der Waals surface area (Å²) in [6.07, 6.45) is -1.69. The van der Waals surface area contributed by atoms with Gasteiger partial charge < -0.3 is 19.5 Å². The quantitative estimate of drug-likeness (QED) is 0.333. The topological polar surface area (TPSA) is 114 Å². The number of aliphatic carboxylic acids is 1. The number of para-hydroxylation sites is 1. The lowest BCUT2D eigenvalue weighted by Gasteiger charge is -2.39. The van der Waals surface area contributed by atoms with Crippen LogP contribution in [0.4, 0.5) is 10.1 Å². The highest BCUT2D eigenvalue weighted by Gasteiger charge is 2.52. The second-order valence-corrected chi connectivity index (χ2v) is 9.79. The first-order valence-corrected chi connectivity index (χ1v) is 13.0. The number of nitrogens with zero attached hydrogens (tertiary/aromatic N) is 3. The van der Waals surface area contributed by atoms with Crippen LogP contribution in [0.1, 0.15) is 28.1 Å². The molecule has 0 unspecified atom stereocenters. The van der Waals surface area contributed by atoms with Crippen LogP contribution in [0.3, 0.4) is 0 Å². The van der Waals surface area contributed by atoms with Crippen molar-refractivity contribution in [3.63, 3.8) is 0 Å². The summed E-state index contributed by atoms with van der Waals surface area (Å²) < 4.78 is 26.0. The molecule has 0 saturated carbocycles. The first-order chi connectivity index (χ1) is 19.7. The first kappa shape index (κ1) is 27.7. The van der Waals surface area contributed by atoms with E-state index in [4.69, 9.17) is 9.47 Å². The van der Waals surface area contributed by atoms with Crippen LogP contribution in [0.2, 0.25) is 0 Å². The zero-order chi connectivity index (χ0) is 29.1. The number of halogens is 1. The Hall–Kier alpha value is -4.83. The van der Waals surface area contributed by atoms with Crippen LogP contribution < -0.4 is 19.7 Å². The van der Waals surface area contributed by atoms with Crippen LogP contribution in [0.25, 0.3) is 0 Å². The van der Waals surface area contributed by atoms with E-state index in [1.165, 1.54) is 18.2 Å². The molecule has 4 aromatic rings. The molecular formula is C31H29FN4O5. The van der Waals surface area contributed by atoms with Gasteiger partial charge in [0, 0.05) is 22.6 Å². The summed E-state index contributed by atoms with van der Waals surface area (Å²) in [5.41, 5.74) is 1.44. The van der Waals surface area contributed by atoms with Gasteiger partial charge in [0.15, 0.2) is 0 Å². The van der Waals surface area contributed by atoms with E-state index < -0.39 is 23.4 Å². The Morgan fingerprint density at radius 1 is 1.05 bits per heavy atom. The van der Waals surface area contributed by atoms with Gasteiger partial charge in [-0.15, -0.1) is 0 Å². The third kappa shape index (κ3) is 5.46. The summed E-state index contributed by atoms with van der Waals surface area (Å²) in [6.45, 7) is 3.44. The molecule has 0 saturated heterocycles. The van der Waals surface area contributed by atoms with E-state index in [9.17, 15) is 19.1 Å². The summed E-state index contributed by atoms with van der Waals surface area (Å²) in [6, 6.07) is 21.5. The normalized spacial score (nSPS) is 17.4. The maximum absolute atomic E-state index is 14.7. The van der Waals surface area contributed by atoms with Crippen molar-refractivity contribution in [1.29, 1.82) is 0 Å². The second kappa shape index (κ2) is 11.3. The molecule has 1 aliphatic rings. The van der Waals surface area contributed by atoms with Gasteiger partial charge in [-0.3, -0.25) is 10.1 Å². The Balaban J connectivity index is 1.71. The second-order valence-electron chi connectivity index (χ2n) is 9.79. The fraction of sp³-hybridized carbons (Fsp3) is 0.226. The minimum Gasteiger partial charge on any atom is -0.497 e. The minimum atomic E-state index is -1.71. The summed E-state index contributed by atoms with van der Waals surface area (Å²) in [7, 11) is 1.57. The van der Waals surface area contributed by atoms with E-state index in [2.05, 4.69) is 15.3 Å². The number of methoxy groups -OCH3 is 1. The Labute approximate surface area is 236 Å². The van der Waals surface area contributed by atoms with E-state index in [-0.39, 0.29) is 30.6 Å². The van der Waals surface area contributed by atoms with Gasteiger partial charge in [-0.05, 0) is 61.4 Å². The van der Waals surface area contributed by atoms with Gasteiger partial charge in [0.1, 0.15) is 17.1 Å². The molecule has 0 radical (unpaired) electrons. The van der Waals surface area contributed by atoms with Crippen molar-refractivity contribution in [1.82, 2.24) is 15.3 Å². The van der Waals surface area contributed by atoms with Crippen molar-refractivity contribution in [2.75, 3.05) is 18.6 Å². The van der Waals surface area contributed by atoms with Crippen LogP contribution in [-0.2, 0) is 21.7 Å². The Bertz CT molecular complexity index is 1580. The minimum absolute atomic E-state index is 0.143. The zero-order valence-corrected chi connectivity index (χ0v) is 22.8. The summed E-state index contributed by atoms with van der Waals surface area (Å²) in [5, 5.41) is 13.8. The number of anilines is 1. The van der Waals surface area contributed by atoms with E-state index >= 15 is 0 Å². The zero-order valence-electron chi connectivity index (χ0n) is 22.8. The number of aryl methyl sites for hydroxylation is 2. The molecule has 0 spiro atoms. The summed E-state index contributed by atoms with van der Waals surface area (Å²) in [4.78, 5) is 36.9. The Kier molecular flexibility index (Phi) is 7.67. The van der Waals surface area contributed by atoms with Crippen molar-refractivity contribution < 1.29 is 28.6 Å². The van der Waals surface area contributed by atoms with E-state index in [0.717, 1.165) is 5.56 Å². The molecule has 1 amide bonds. The van der Waals surface area contributed by atoms with Crippen molar-refractivity contribution in [2.45, 2.75) is 32.0 Å². The smallest absolute Gasteiger partial charge is 0.347 e. The molecule has 210 valence electrons. The highest BCUT2D eigenvalue weighted by Crippen LogP contribution is 2.42. The van der Waals surface area contributed by atoms with Crippen molar-refractivity contribution in [3.8, 4) is 11.8 Å². The lowest BCUT2D eigenvalue weighted by atomic mass is 9.77. The molecule has 10 heteroatoms. The monoisotopic (exact) mass is 556 g/mol. The molecule has 2 heterocycles. The van der Waals surface area contributed by atoms with Crippen LogP contribution in [0, 0.1) is 19.7 Å². The molecule has 0 aliphatic carbocycles. The van der Waals surface area contributed by atoms with Gasteiger partial charge in [-0.25, -0.2) is 19.2 Å². The van der Waals surface area contributed by atoms with E-state index in [0.29, 0.717) is 28.4 Å². The van der Waals surface area contributed by atoms with E-state index in [1.54, 1.807) is 74.4 Å². The van der Waals surface area contributed by atoms with Gasteiger partial charge in [0.2, 0.25) is 12.0 Å². The number of fused-ring (bicyclic) bond motifs is 1. The molecule has 1 aliphatic heterocycles. The standard InChI is InChI=1S/C31H29FN4O5/c1-19-15-20(2)35-30(34-19)41-28(29(38)39)31(22-7-6-8-23(32)16-22)25-9-4-5-10-26(25)36(27(37)17-33-31)18-21-11-13-24(40-3)14-12-21/h4-16,28,33H,17-18H2,1-3H3,(H,38,39)/t28-,31+/m1/s1. The van der Waals surface area contributed by atoms with Crippen molar-refractivity contribution in [2.24, 2.45) is 0 Å². The number of ether oxygens (including phenoxy) is 2. The number of carbonyl (C=O) groups is 2. The number of amides is 1. The van der Waals surface area contributed by atoms with Crippen molar-refractivity contribution >= 4 is 17.6 Å². The number of benzene rings is 3. The van der Waals surface area contributed by atoms with Crippen LogP contribution >= 0.6 is 0 Å². The molecule has 9 nitrogen and oxygen atoms in total. The number of hydrogen-bond acceptors (Lipinski definition) is 7.